The Balaban J connectivity index is 1.04. The van der Waals surface area contributed by atoms with Crippen LogP contribution >= 0.6 is 0 Å². The van der Waals surface area contributed by atoms with E-state index in [2.05, 4.69) is 243 Å². The predicted octanol–water partition coefficient (Wildman–Crippen LogP) is 16.2. The lowest BCUT2D eigenvalue weighted by Crippen LogP contribution is -2.16. The highest BCUT2D eigenvalue weighted by Gasteiger charge is 2.38. The number of benzene rings is 9. The van der Waals surface area contributed by atoms with Crippen LogP contribution in [-0.2, 0) is 10.8 Å². The number of aromatic nitrogens is 1. The molecular weight excluding hydrogens is 749 g/mol. The minimum Gasteiger partial charge on any atom is -0.310 e. The van der Waals surface area contributed by atoms with Gasteiger partial charge in [-0.2, -0.15) is 0 Å². The largest absolute Gasteiger partial charge is 0.310 e. The summed E-state index contributed by atoms with van der Waals surface area (Å²) in [5, 5.41) is 2.51. The van der Waals surface area contributed by atoms with Gasteiger partial charge >= 0.3 is 0 Å². The summed E-state index contributed by atoms with van der Waals surface area (Å²) in [5.41, 5.74) is 22.4. The molecule has 62 heavy (non-hydrogen) atoms. The normalized spacial score (nSPS) is 14.1. The maximum absolute atomic E-state index is 2.50. The van der Waals surface area contributed by atoms with Crippen molar-refractivity contribution in [3.05, 3.63) is 229 Å². The highest BCUT2D eigenvalue weighted by atomic mass is 15.1. The third-order valence-corrected chi connectivity index (χ3v) is 14.0. The molecule has 2 aliphatic rings. The fourth-order valence-electron chi connectivity index (χ4n) is 10.9. The third-order valence-electron chi connectivity index (χ3n) is 14.0. The van der Waals surface area contributed by atoms with Crippen molar-refractivity contribution < 1.29 is 0 Å². The van der Waals surface area contributed by atoms with Gasteiger partial charge < -0.3 is 9.47 Å². The molecule has 10 aromatic rings. The summed E-state index contributed by atoms with van der Waals surface area (Å²) < 4.78 is 2.40. The zero-order valence-electron chi connectivity index (χ0n) is 35.5. The monoisotopic (exact) mass is 794 g/mol. The average Bonchev–Trinajstić information content (AvgIpc) is 3.86. The zero-order chi connectivity index (χ0) is 41.7. The van der Waals surface area contributed by atoms with Gasteiger partial charge in [0, 0.05) is 44.2 Å². The Bertz CT molecular complexity index is 3420. The molecule has 2 heteroatoms. The lowest BCUT2D eigenvalue weighted by molar-refractivity contribution is 0.660. The molecule has 0 fully saturated rings. The fraction of sp³-hybridized carbons (Fsp3) is 0.100. The van der Waals surface area contributed by atoms with Gasteiger partial charge in [0.15, 0.2) is 0 Å². The molecule has 0 saturated carbocycles. The summed E-state index contributed by atoms with van der Waals surface area (Å²) >= 11 is 0. The quantitative estimate of drug-likeness (QED) is 0.163. The zero-order valence-corrected chi connectivity index (χ0v) is 35.5. The van der Waals surface area contributed by atoms with E-state index in [4.69, 9.17) is 0 Å². The van der Waals surface area contributed by atoms with E-state index in [-0.39, 0.29) is 10.8 Å². The van der Waals surface area contributed by atoms with Crippen molar-refractivity contribution in [2.24, 2.45) is 0 Å². The molecule has 0 atom stereocenters. The SMILES string of the molecule is CC1(C)c2ccccc2-c2ccc(-c3cccc(N(c4cccc(-c5ccc6c7ccccc7n(-c7ccccc7)c6c5)c4)c4cccc5c4-c4ccccc4C5(C)C)c3)cc21. The van der Waals surface area contributed by atoms with E-state index in [1.165, 1.54) is 94.3 Å². The maximum atomic E-state index is 2.50. The Kier molecular flexibility index (Phi) is 7.96. The highest BCUT2D eigenvalue weighted by molar-refractivity contribution is 6.10. The number of hydrogen-bond donors (Lipinski definition) is 0. The minimum atomic E-state index is -0.126. The number of fused-ring (bicyclic) bond motifs is 9. The van der Waals surface area contributed by atoms with E-state index in [0.717, 1.165) is 17.1 Å². The number of nitrogens with zero attached hydrogens (tertiary/aromatic N) is 2. The van der Waals surface area contributed by atoms with Crippen molar-refractivity contribution in [1.82, 2.24) is 4.57 Å². The molecule has 1 heterocycles. The van der Waals surface area contributed by atoms with Gasteiger partial charge in [-0.3, -0.25) is 0 Å². The van der Waals surface area contributed by atoms with Crippen LogP contribution in [0.15, 0.2) is 206 Å². The predicted molar refractivity (Wildman–Crippen MR) is 261 cm³/mol. The van der Waals surface area contributed by atoms with E-state index in [1.807, 2.05) is 0 Å². The third kappa shape index (κ3) is 5.36. The van der Waals surface area contributed by atoms with Gasteiger partial charge in [-0.1, -0.05) is 173 Å². The highest BCUT2D eigenvalue weighted by Crippen LogP contribution is 2.55. The van der Waals surface area contributed by atoms with Gasteiger partial charge in [-0.25, -0.2) is 0 Å². The molecule has 0 spiro atoms. The van der Waals surface area contributed by atoms with Crippen LogP contribution in [0.3, 0.4) is 0 Å². The molecule has 0 N–H and O–H groups in total. The van der Waals surface area contributed by atoms with Crippen LogP contribution < -0.4 is 4.90 Å². The van der Waals surface area contributed by atoms with Gasteiger partial charge in [0.2, 0.25) is 0 Å². The van der Waals surface area contributed by atoms with Gasteiger partial charge in [0.25, 0.3) is 0 Å². The Labute approximate surface area is 364 Å². The Morgan fingerprint density at radius 3 is 1.65 bits per heavy atom. The second-order valence-electron chi connectivity index (χ2n) is 18.2. The summed E-state index contributed by atoms with van der Waals surface area (Å²) in [6.07, 6.45) is 0. The molecule has 2 aliphatic carbocycles. The van der Waals surface area contributed by atoms with E-state index in [1.54, 1.807) is 0 Å². The van der Waals surface area contributed by atoms with Crippen LogP contribution in [0, 0.1) is 0 Å². The molecule has 9 aromatic carbocycles. The summed E-state index contributed by atoms with van der Waals surface area (Å²) in [5.74, 6) is 0. The number of para-hydroxylation sites is 2. The summed E-state index contributed by atoms with van der Waals surface area (Å²) in [7, 11) is 0. The minimum absolute atomic E-state index is 0.0741. The van der Waals surface area contributed by atoms with Crippen molar-refractivity contribution in [3.8, 4) is 50.2 Å². The van der Waals surface area contributed by atoms with Crippen molar-refractivity contribution in [3.63, 3.8) is 0 Å². The molecule has 1 aromatic heterocycles. The first-order valence-electron chi connectivity index (χ1n) is 21.8. The Hall–Kier alpha value is -7.42. The first kappa shape index (κ1) is 36.4. The van der Waals surface area contributed by atoms with Crippen LogP contribution in [0.25, 0.3) is 72.0 Å². The summed E-state index contributed by atoms with van der Waals surface area (Å²) in [4.78, 5) is 2.50. The van der Waals surface area contributed by atoms with Crippen LogP contribution in [0.5, 0.6) is 0 Å². The Morgan fingerprint density at radius 2 is 0.887 bits per heavy atom. The van der Waals surface area contributed by atoms with Crippen LogP contribution in [0.1, 0.15) is 49.9 Å². The van der Waals surface area contributed by atoms with Crippen LogP contribution in [0.4, 0.5) is 17.1 Å². The van der Waals surface area contributed by atoms with Crippen molar-refractivity contribution in [1.29, 1.82) is 0 Å². The molecule has 0 saturated heterocycles. The van der Waals surface area contributed by atoms with Crippen molar-refractivity contribution in [2.75, 3.05) is 4.90 Å². The van der Waals surface area contributed by atoms with Gasteiger partial charge in [-0.15, -0.1) is 0 Å². The maximum Gasteiger partial charge on any atom is 0.0547 e. The molecule has 12 rings (SSSR count). The fourth-order valence-corrected chi connectivity index (χ4v) is 10.9. The number of anilines is 3. The molecule has 0 unspecified atom stereocenters. The van der Waals surface area contributed by atoms with Crippen LogP contribution in [0.2, 0.25) is 0 Å². The standard InChI is InChI=1S/C60H46N2/c1-59(2)52-27-12-9-25-50(52)58-53(59)28-16-30-56(58)61(44-21-14-17-39(35-44)41-31-33-47-46-23-8-11-26-51(46)60(3,4)54(47)37-41)45-22-15-18-40(36-45)42-32-34-49-48-24-10-13-29-55(48)62(57(49)38-42)43-19-6-5-7-20-43/h5-38H,1-4H3. The van der Waals surface area contributed by atoms with E-state index < -0.39 is 0 Å². The van der Waals surface area contributed by atoms with E-state index in [9.17, 15) is 0 Å². The second-order valence-corrected chi connectivity index (χ2v) is 18.2. The summed E-state index contributed by atoms with van der Waals surface area (Å²) in [6, 6.07) is 76.6. The van der Waals surface area contributed by atoms with Gasteiger partial charge in [0.1, 0.15) is 0 Å². The molecular formula is C60H46N2. The lowest BCUT2D eigenvalue weighted by Gasteiger charge is -2.29. The average molecular weight is 795 g/mol. The lowest BCUT2D eigenvalue weighted by atomic mass is 9.81. The Morgan fingerprint density at radius 1 is 0.355 bits per heavy atom. The van der Waals surface area contributed by atoms with E-state index >= 15 is 0 Å². The number of hydrogen-bond acceptors (Lipinski definition) is 1. The van der Waals surface area contributed by atoms with Gasteiger partial charge in [-0.05, 0) is 122 Å². The van der Waals surface area contributed by atoms with Gasteiger partial charge in [0.05, 0.1) is 16.7 Å². The first-order chi connectivity index (χ1) is 30.3. The smallest absolute Gasteiger partial charge is 0.0547 e. The van der Waals surface area contributed by atoms with Crippen LogP contribution in [-0.4, -0.2) is 4.57 Å². The first-order valence-corrected chi connectivity index (χ1v) is 21.8. The second kappa shape index (κ2) is 13.5. The molecule has 0 aliphatic heterocycles. The number of rotatable bonds is 6. The topological polar surface area (TPSA) is 8.17 Å². The molecule has 0 radical (unpaired) electrons. The van der Waals surface area contributed by atoms with Crippen molar-refractivity contribution in [2.45, 2.75) is 38.5 Å². The molecule has 0 amide bonds. The summed E-state index contributed by atoms with van der Waals surface area (Å²) in [6.45, 7) is 9.46. The molecule has 2 nitrogen and oxygen atoms in total. The molecule has 296 valence electrons. The molecule has 0 bridgehead atoms. The van der Waals surface area contributed by atoms with E-state index in [0.29, 0.717) is 0 Å². The van der Waals surface area contributed by atoms with Crippen molar-refractivity contribution >= 4 is 38.9 Å².